The molecule has 0 saturated heterocycles. The summed E-state index contributed by atoms with van der Waals surface area (Å²) in [6, 6.07) is -0.556. The fourth-order valence-corrected chi connectivity index (χ4v) is 1.30. The Labute approximate surface area is 98.0 Å². The first-order valence-electron chi connectivity index (χ1n) is 5.30. The van der Waals surface area contributed by atoms with Crippen LogP contribution in [-0.2, 0) is 9.32 Å². The third-order valence-corrected chi connectivity index (χ3v) is 2.23. The van der Waals surface area contributed by atoms with Gasteiger partial charge in [0.2, 0.25) is 5.91 Å². The van der Waals surface area contributed by atoms with Gasteiger partial charge in [0.15, 0.2) is 0 Å². The molecule has 0 aliphatic rings. The highest BCUT2D eigenvalue weighted by Crippen LogP contribution is 2.02. The Morgan fingerprint density at radius 2 is 2.12 bits per heavy atom. The highest BCUT2D eigenvalue weighted by atomic mass is 31.0. The second kappa shape index (κ2) is 9.36. The molecule has 0 rings (SSSR count). The predicted molar refractivity (Wildman–Crippen MR) is 64.7 cm³/mol. The second-order valence-electron chi connectivity index (χ2n) is 3.28. The first kappa shape index (κ1) is 15.1. The Bertz CT molecular complexity index is 226. The number of unbranched alkanes of at least 4 members (excludes halogenated alkanes) is 1. The van der Waals surface area contributed by atoms with E-state index in [1.54, 1.807) is 0 Å². The molecule has 6 nitrogen and oxygen atoms in total. The van der Waals surface area contributed by atoms with Crippen molar-refractivity contribution in [3.8, 4) is 0 Å². The van der Waals surface area contributed by atoms with Crippen LogP contribution < -0.4 is 16.4 Å². The van der Waals surface area contributed by atoms with Gasteiger partial charge in [-0.25, -0.2) is 4.79 Å². The van der Waals surface area contributed by atoms with Crippen molar-refractivity contribution in [2.75, 3.05) is 13.1 Å². The molecule has 0 aromatic carbocycles. The van der Waals surface area contributed by atoms with Crippen molar-refractivity contribution in [3.63, 3.8) is 0 Å². The minimum Gasteiger partial charge on any atom is -0.435 e. The first-order valence-corrected chi connectivity index (χ1v) is 5.77. The molecule has 0 aliphatic carbocycles. The van der Waals surface area contributed by atoms with Crippen LogP contribution in [0.4, 0.5) is 4.79 Å². The molecule has 2 atom stereocenters. The van der Waals surface area contributed by atoms with Gasteiger partial charge >= 0.3 is 6.09 Å². The molecule has 0 fully saturated rings. The van der Waals surface area contributed by atoms with Crippen molar-refractivity contribution in [2.24, 2.45) is 5.73 Å². The van der Waals surface area contributed by atoms with Gasteiger partial charge in [-0.15, -0.1) is 0 Å². The molecule has 0 aromatic heterocycles. The summed E-state index contributed by atoms with van der Waals surface area (Å²) in [5.41, 5.74) is 5.36. The quantitative estimate of drug-likeness (QED) is 0.442. The molecule has 4 N–H and O–H groups in total. The number of amides is 2. The maximum Gasteiger partial charge on any atom is 0.409 e. The van der Waals surface area contributed by atoms with Crippen LogP contribution in [0.5, 0.6) is 0 Å². The zero-order valence-corrected chi connectivity index (χ0v) is 10.6. The maximum atomic E-state index is 11.6. The molecule has 0 bridgehead atoms. The van der Waals surface area contributed by atoms with Gasteiger partial charge in [-0.1, -0.05) is 0 Å². The summed E-state index contributed by atoms with van der Waals surface area (Å²) in [5, 5.41) is 5.13. The topological polar surface area (TPSA) is 93.5 Å². The van der Waals surface area contributed by atoms with E-state index in [0.29, 0.717) is 19.5 Å². The van der Waals surface area contributed by atoms with Crippen LogP contribution in [0.15, 0.2) is 0 Å². The van der Waals surface area contributed by atoms with Crippen molar-refractivity contribution >= 4 is 21.5 Å². The van der Waals surface area contributed by atoms with E-state index in [1.165, 1.54) is 0 Å². The van der Waals surface area contributed by atoms with Gasteiger partial charge < -0.3 is 20.9 Å². The minimum atomic E-state index is -0.631. The molecule has 2 amide bonds. The SMILES string of the molecule is CCNC(=O)[C@H](CCCCN)NC(=O)OP. The van der Waals surface area contributed by atoms with Crippen molar-refractivity contribution in [2.45, 2.75) is 32.2 Å². The number of carbonyl (C=O) groups is 2. The van der Waals surface area contributed by atoms with Gasteiger partial charge in [-0.3, -0.25) is 4.79 Å². The summed E-state index contributed by atoms with van der Waals surface area (Å²) in [6.07, 6.45) is 1.54. The highest BCUT2D eigenvalue weighted by Gasteiger charge is 2.19. The first-order chi connectivity index (χ1) is 7.65. The van der Waals surface area contributed by atoms with E-state index >= 15 is 0 Å². The summed E-state index contributed by atoms with van der Waals surface area (Å²) in [7, 11) is 1.84. The van der Waals surface area contributed by atoms with Gasteiger partial charge in [-0.05, 0) is 32.7 Å². The Hall–Kier alpha value is -0.870. The van der Waals surface area contributed by atoms with E-state index in [9.17, 15) is 9.59 Å². The lowest BCUT2D eigenvalue weighted by Gasteiger charge is -2.16. The van der Waals surface area contributed by atoms with E-state index in [-0.39, 0.29) is 5.91 Å². The number of hydrogen-bond acceptors (Lipinski definition) is 4. The monoisotopic (exact) mass is 249 g/mol. The van der Waals surface area contributed by atoms with Gasteiger partial charge in [-0.2, -0.15) is 0 Å². The van der Waals surface area contributed by atoms with E-state index in [1.807, 2.05) is 16.4 Å². The fraction of sp³-hybridized carbons (Fsp3) is 0.778. The Morgan fingerprint density at radius 3 is 2.62 bits per heavy atom. The summed E-state index contributed by atoms with van der Waals surface area (Å²) in [4.78, 5) is 22.6. The standard InChI is InChI=1S/C9H20N3O3P/c1-2-11-8(13)7(5-3-4-6-10)12-9(14)15-16/h7H,2-6,10,16H2,1H3,(H,11,13)(H,12,14)/t7-/m0/s1. The molecule has 0 aliphatic heterocycles. The summed E-state index contributed by atoms with van der Waals surface area (Å²) in [6.45, 7) is 2.93. The third-order valence-electron chi connectivity index (χ3n) is 2.01. The molecule has 0 aromatic rings. The van der Waals surface area contributed by atoms with Crippen LogP contribution in [0.3, 0.4) is 0 Å². The van der Waals surface area contributed by atoms with E-state index < -0.39 is 12.1 Å². The Balaban J connectivity index is 4.14. The minimum absolute atomic E-state index is 0.199. The number of hydrogen-bond donors (Lipinski definition) is 3. The normalized spacial score (nSPS) is 11.7. The molecule has 1 unspecified atom stereocenters. The van der Waals surface area contributed by atoms with Gasteiger partial charge in [0.05, 0.1) is 9.47 Å². The summed E-state index contributed by atoms with van der Waals surface area (Å²) in [5.74, 6) is -0.199. The van der Waals surface area contributed by atoms with E-state index in [0.717, 1.165) is 12.8 Å². The van der Waals surface area contributed by atoms with Crippen LogP contribution in [0.25, 0.3) is 0 Å². The predicted octanol–water partition coefficient (Wildman–Crippen LogP) is 0.136. The summed E-state index contributed by atoms with van der Waals surface area (Å²) < 4.78 is 4.38. The fourth-order valence-electron chi connectivity index (χ4n) is 1.24. The molecule has 16 heavy (non-hydrogen) atoms. The van der Waals surface area contributed by atoms with Crippen molar-refractivity contribution < 1.29 is 14.1 Å². The molecule has 7 heteroatoms. The number of nitrogens with one attached hydrogen (secondary N) is 2. The zero-order valence-electron chi connectivity index (χ0n) is 9.49. The van der Waals surface area contributed by atoms with Gasteiger partial charge in [0.25, 0.3) is 0 Å². The van der Waals surface area contributed by atoms with Crippen LogP contribution in [-0.4, -0.2) is 31.1 Å². The molecule has 0 heterocycles. The van der Waals surface area contributed by atoms with Gasteiger partial charge in [0, 0.05) is 6.54 Å². The van der Waals surface area contributed by atoms with Crippen molar-refractivity contribution in [1.82, 2.24) is 10.6 Å². The molecule has 94 valence electrons. The second-order valence-corrected chi connectivity index (χ2v) is 3.52. The molecule has 0 radical (unpaired) electrons. The van der Waals surface area contributed by atoms with Crippen molar-refractivity contribution in [3.05, 3.63) is 0 Å². The van der Waals surface area contributed by atoms with Crippen LogP contribution in [0, 0.1) is 0 Å². The van der Waals surface area contributed by atoms with Crippen LogP contribution in [0.1, 0.15) is 26.2 Å². The highest BCUT2D eigenvalue weighted by molar-refractivity contribution is 7.10. The average molecular weight is 249 g/mol. The van der Waals surface area contributed by atoms with E-state index in [4.69, 9.17) is 5.73 Å². The maximum absolute atomic E-state index is 11.6. The smallest absolute Gasteiger partial charge is 0.409 e. The molecule has 0 spiro atoms. The largest absolute Gasteiger partial charge is 0.435 e. The lowest BCUT2D eigenvalue weighted by molar-refractivity contribution is -0.123. The van der Waals surface area contributed by atoms with E-state index in [2.05, 4.69) is 15.2 Å². The number of rotatable bonds is 7. The molecule has 0 saturated carbocycles. The Kier molecular flexibility index (Phi) is 8.85. The number of carbonyl (C=O) groups excluding carboxylic acids is 2. The average Bonchev–Trinajstić information content (AvgIpc) is 2.28. The summed E-state index contributed by atoms with van der Waals surface area (Å²) >= 11 is 0. The van der Waals surface area contributed by atoms with Crippen molar-refractivity contribution in [1.29, 1.82) is 0 Å². The molecular formula is C9H20N3O3P. The van der Waals surface area contributed by atoms with Crippen LogP contribution in [0.2, 0.25) is 0 Å². The zero-order chi connectivity index (χ0) is 12.4. The van der Waals surface area contributed by atoms with Gasteiger partial charge in [0.1, 0.15) is 6.04 Å². The third kappa shape index (κ3) is 6.58. The number of likely N-dealkylation sites (N-methyl/N-ethyl adjacent to an activating group) is 1. The number of nitrogens with two attached hydrogens (primary N) is 1. The molecular weight excluding hydrogens is 229 g/mol. The van der Waals surface area contributed by atoms with Crippen LogP contribution >= 0.6 is 9.47 Å². The lowest BCUT2D eigenvalue weighted by atomic mass is 10.1. The Morgan fingerprint density at radius 1 is 1.44 bits per heavy atom. The lowest BCUT2D eigenvalue weighted by Crippen LogP contribution is -2.46.